The molecule has 19 heavy (non-hydrogen) atoms. The minimum absolute atomic E-state index is 0.0487. The van der Waals surface area contributed by atoms with Crippen molar-refractivity contribution in [2.75, 3.05) is 18.5 Å². The number of carbonyl (C=O) groups excluding carboxylic acids is 1. The largest absolute Gasteiger partial charge is 0.393 e. The maximum Gasteiger partial charge on any atom is 0.253 e. The van der Waals surface area contributed by atoms with Gasteiger partial charge in [-0.25, -0.2) is 0 Å². The predicted molar refractivity (Wildman–Crippen MR) is 74.6 cm³/mol. The summed E-state index contributed by atoms with van der Waals surface area (Å²) in [5.41, 5.74) is 4.00. The number of amides is 1. The van der Waals surface area contributed by atoms with Gasteiger partial charge < -0.3 is 15.4 Å². The summed E-state index contributed by atoms with van der Waals surface area (Å²) in [6.45, 7) is 3.25. The van der Waals surface area contributed by atoms with E-state index in [2.05, 4.69) is 5.43 Å². The molecule has 1 fully saturated rings. The van der Waals surface area contributed by atoms with Crippen LogP contribution in [0.4, 0.5) is 5.69 Å². The number of hydrogen-bond acceptors (Lipinski definition) is 4. The van der Waals surface area contributed by atoms with Crippen molar-refractivity contribution in [2.45, 2.75) is 25.9 Å². The fourth-order valence-electron chi connectivity index (χ4n) is 2.48. The van der Waals surface area contributed by atoms with Crippen LogP contribution in [0.5, 0.6) is 0 Å². The second-order valence-corrected chi connectivity index (χ2v) is 5.09. The molecular formula is C14H21N3O2. The molecule has 1 unspecified atom stereocenters. The van der Waals surface area contributed by atoms with Crippen LogP contribution >= 0.6 is 0 Å². The number of aliphatic hydroxyl groups excluding tert-OH is 1. The van der Waals surface area contributed by atoms with Crippen LogP contribution in [0.3, 0.4) is 0 Å². The summed E-state index contributed by atoms with van der Waals surface area (Å²) < 4.78 is 0. The Morgan fingerprint density at radius 2 is 1.95 bits per heavy atom. The first kappa shape index (κ1) is 13.8. The molecule has 1 atom stereocenters. The zero-order chi connectivity index (χ0) is 13.8. The van der Waals surface area contributed by atoms with Gasteiger partial charge in [-0.1, -0.05) is 0 Å². The maximum atomic E-state index is 12.3. The lowest BCUT2D eigenvalue weighted by Gasteiger charge is -2.33. The van der Waals surface area contributed by atoms with Crippen LogP contribution in [-0.4, -0.2) is 35.1 Å². The van der Waals surface area contributed by atoms with Crippen molar-refractivity contribution >= 4 is 11.6 Å². The maximum absolute atomic E-state index is 12.3. The Labute approximate surface area is 113 Å². The normalized spacial score (nSPS) is 18.2. The third-order valence-corrected chi connectivity index (χ3v) is 3.81. The Balaban J connectivity index is 1.97. The number of nitrogens with zero attached hydrogens (tertiary/aromatic N) is 1. The smallest absolute Gasteiger partial charge is 0.253 e. The van der Waals surface area contributed by atoms with Gasteiger partial charge in [-0.2, -0.15) is 0 Å². The number of nitrogens with two attached hydrogens (primary N) is 1. The van der Waals surface area contributed by atoms with E-state index >= 15 is 0 Å². The highest BCUT2D eigenvalue weighted by Crippen LogP contribution is 2.22. The van der Waals surface area contributed by atoms with E-state index in [0.29, 0.717) is 24.6 Å². The standard InChI is InChI=1S/C14H21N3O2/c1-10(18)11-6-8-17(9-7-11)14(19)12-2-4-13(16-15)5-3-12/h2-5,10-11,16,18H,6-9,15H2,1H3. The third kappa shape index (κ3) is 3.24. The number of nitrogens with one attached hydrogen (secondary N) is 1. The van der Waals surface area contributed by atoms with E-state index in [9.17, 15) is 9.90 Å². The quantitative estimate of drug-likeness (QED) is 0.565. The van der Waals surface area contributed by atoms with E-state index in [1.165, 1.54) is 0 Å². The van der Waals surface area contributed by atoms with Gasteiger partial charge in [-0.15, -0.1) is 0 Å². The molecule has 0 bridgehead atoms. The van der Waals surface area contributed by atoms with Gasteiger partial charge in [-0.3, -0.25) is 10.6 Å². The number of likely N-dealkylation sites (tertiary alicyclic amines) is 1. The molecule has 4 N–H and O–H groups in total. The molecule has 1 aromatic carbocycles. The summed E-state index contributed by atoms with van der Waals surface area (Å²) in [6, 6.07) is 7.13. The van der Waals surface area contributed by atoms with Crippen molar-refractivity contribution in [3.63, 3.8) is 0 Å². The Hall–Kier alpha value is -1.59. The van der Waals surface area contributed by atoms with Gasteiger partial charge in [0.05, 0.1) is 6.10 Å². The third-order valence-electron chi connectivity index (χ3n) is 3.81. The molecule has 0 spiro atoms. The molecule has 1 amide bonds. The van der Waals surface area contributed by atoms with Crippen LogP contribution in [0.25, 0.3) is 0 Å². The number of carbonyl (C=O) groups is 1. The Bertz CT molecular complexity index is 423. The number of benzene rings is 1. The molecule has 2 rings (SSSR count). The molecule has 1 aliphatic heterocycles. The van der Waals surface area contributed by atoms with Crippen molar-refractivity contribution in [1.82, 2.24) is 4.90 Å². The molecule has 1 aliphatic rings. The highest BCUT2D eigenvalue weighted by atomic mass is 16.3. The van der Waals surface area contributed by atoms with Crippen molar-refractivity contribution in [3.8, 4) is 0 Å². The average molecular weight is 263 g/mol. The molecule has 0 aromatic heterocycles. The number of piperidine rings is 1. The van der Waals surface area contributed by atoms with Crippen LogP contribution in [0, 0.1) is 5.92 Å². The highest BCUT2D eigenvalue weighted by Gasteiger charge is 2.25. The minimum atomic E-state index is -0.285. The molecule has 5 heteroatoms. The predicted octanol–water partition coefficient (Wildman–Crippen LogP) is 1.21. The molecule has 1 saturated heterocycles. The number of nitrogen functional groups attached to an aromatic ring is 1. The summed E-state index contributed by atoms with van der Waals surface area (Å²) in [7, 11) is 0. The van der Waals surface area contributed by atoms with Gasteiger partial charge in [0.1, 0.15) is 0 Å². The first-order chi connectivity index (χ1) is 9.11. The monoisotopic (exact) mass is 263 g/mol. The van der Waals surface area contributed by atoms with Crippen LogP contribution in [-0.2, 0) is 0 Å². The SMILES string of the molecule is CC(O)C1CCN(C(=O)c2ccc(NN)cc2)CC1. The number of rotatable bonds is 3. The fourth-order valence-corrected chi connectivity index (χ4v) is 2.48. The summed E-state index contributed by atoms with van der Waals surface area (Å²) in [6.07, 6.45) is 1.45. The van der Waals surface area contributed by atoms with Gasteiger partial charge in [0, 0.05) is 24.3 Å². The van der Waals surface area contributed by atoms with Crippen LogP contribution in [0.2, 0.25) is 0 Å². The van der Waals surface area contributed by atoms with E-state index in [-0.39, 0.29) is 12.0 Å². The first-order valence-corrected chi connectivity index (χ1v) is 6.66. The molecule has 0 aliphatic carbocycles. The molecular weight excluding hydrogens is 242 g/mol. The van der Waals surface area contributed by atoms with E-state index < -0.39 is 0 Å². The average Bonchev–Trinajstić information content (AvgIpc) is 2.46. The summed E-state index contributed by atoms with van der Waals surface area (Å²) >= 11 is 0. The summed E-state index contributed by atoms with van der Waals surface area (Å²) in [5.74, 6) is 5.65. The van der Waals surface area contributed by atoms with E-state index in [1.54, 1.807) is 24.3 Å². The molecule has 0 saturated carbocycles. The lowest BCUT2D eigenvalue weighted by atomic mass is 9.92. The highest BCUT2D eigenvalue weighted by molar-refractivity contribution is 5.94. The van der Waals surface area contributed by atoms with Crippen LogP contribution in [0.1, 0.15) is 30.1 Å². The Morgan fingerprint density at radius 3 is 2.42 bits per heavy atom. The summed E-state index contributed by atoms with van der Waals surface area (Å²) in [5, 5.41) is 9.55. The van der Waals surface area contributed by atoms with Crippen molar-refractivity contribution in [3.05, 3.63) is 29.8 Å². The molecule has 0 radical (unpaired) electrons. The van der Waals surface area contributed by atoms with E-state index in [0.717, 1.165) is 18.5 Å². The topological polar surface area (TPSA) is 78.6 Å². The molecule has 1 aromatic rings. The molecule has 104 valence electrons. The van der Waals surface area contributed by atoms with Crippen molar-refractivity contribution in [2.24, 2.45) is 11.8 Å². The molecule has 1 heterocycles. The second kappa shape index (κ2) is 6.04. The van der Waals surface area contributed by atoms with Gasteiger partial charge in [-0.05, 0) is 49.9 Å². The van der Waals surface area contributed by atoms with Crippen LogP contribution in [0.15, 0.2) is 24.3 Å². The fraction of sp³-hybridized carbons (Fsp3) is 0.500. The first-order valence-electron chi connectivity index (χ1n) is 6.66. The Kier molecular flexibility index (Phi) is 4.39. The number of aliphatic hydroxyl groups is 1. The lowest BCUT2D eigenvalue weighted by Crippen LogP contribution is -2.40. The number of hydrazine groups is 1. The van der Waals surface area contributed by atoms with Crippen molar-refractivity contribution < 1.29 is 9.90 Å². The second-order valence-electron chi connectivity index (χ2n) is 5.09. The molecule has 5 nitrogen and oxygen atoms in total. The van der Waals surface area contributed by atoms with E-state index in [1.807, 2.05) is 11.8 Å². The van der Waals surface area contributed by atoms with Gasteiger partial charge in [0.2, 0.25) is 0 Å². The zero-order valence-electron chi connectivity index (χ0n) is 11.2. The minimum Gasteiger partial charge on any atom is -0.393 e. The number of hydrogen-bond donors (Lipinski definition) is 3. The van der Waals surface area contributed by atoms with Gasteiger partial charge in [0.25, 0.3) is 5.91 Å². The van der Waals surface area contributed by atoms with E-state index in [4.69, 9.17) is 5.84 Å². The number of anilines is 1. The van der Waals surface area contributed by atoms with Crippen LogP contribution < -0.4 is 11.3 Å². The Morgan fingerprint density at radius 1 is 1.37 bits per heavy atom. The zero-order valence-corrected chi connectivity index (χ0v) is 11.2. The van der Waals surface area contributed by atoms with Gasteiger partial charge >= 0.3 is 0 Å². The summed E-state index contributed by atoms with van der Waals surface area (Å²) in [4.78, 5) is 14.1. The lowest BCUT2D eigenvalue weighted by molar-refractivity contribution is 0.0521. The van der Waals surface area contributed by atoms with Gasteiger partial charge in [0.15, 0.2) is 0 Å². The van der Waals surface area contributed by atoms with Crippen molar-refractivity contribution in [1.29, 1.82) is 0 Å².